The molecule has 0 spiro atoms. The van der Waals surface area contributed by atoms with E-state index in [1.807, 2.05) is 56.3 Å². The maximum atomic E-state index is 14.2. The second-order valence-corrected chi connectivity index (χ2v) is 9.79. The normalized spacial score (nSPS) is 12.4. The zero-order chi connectivity index (χ0) is 22.7. The third-order valence-electron chi connectivity index (χ3n) is 5.36. The minimum Gasteiger partial charge on any atom is -0.497 e. The summed E-state index contributed by atoms with van der Waals surface area (Å²) in [5.74, 6) is -0.108. The Hall–Kier alpha value is -3.10. The van der Waals surface area contributed by atoms with E-state index in [1.165, 1.54) is 23.5 Å². The second-order valence-electron chi connectivity index (χ2n) is 7.84. The van der Waals surface area contributed by atoms with Crippen molar-refractivity contribution in [2.45, 2.75) is 19.8 Å². The highest BCUT2D eigenvalue weighted by Gasteiger charge is 2.40. The van der Waals surface area contributed by atoms with Crippen LogP contribution in [0.25, 0.3) is 10.4 Å². The van der Waals surface area contributed by atoms with Crippen molar-refractivity contribution in [2.75, 3.05) is 12.4 Å². The van der Waals surface area contributed by atoms with Crippen molar-refractivity contribution in [3.8, 4) is 16.2 Å². The van der Waals surface area contributed by atoms with E-state index in [0.717, 1.165) is 26.6 Å². The second kappa shape index (κ2) is 9.18. The van der Waals surface area contributed by atoms with Crippen molar-refractivity contribution < 1.29 is 13.9 Å². The molecule has 1 N–H and O–H groups in total. The molecule has 2 aromatic carbocycles. The van der Waals surface area contributed by atoms with Gasteiger partial charge in [0.1, 0.15) is 17.1 Å². The molecule has 164 valence electrons. The Labute approximate surface area is 193 Å². The van der Waals surface area contributed by atoms with Gasteiger partial charge in [0.05, 0.1) is 12.5 Å². The van der Waals surface area contributed by atoms with Crippen molar-refractivity contribution in [2.24, 2.45) is 5.41 Å². The number of rotatable bonds is 7. The number of thiophene rings is 1. The number of nitrogens with zero attached hydrogens (tertiary/aromatic N) is 2. The lowest BCUT2D eigenvalue weighted by Crippen LogP contribution is -2.36. The molecular weight excluding hydrogens is 445 g/mol. The fourth-order valence-corrected chi connectivity index (χ4v) is 5.43. The fraction of sp³-hybridized carbons (Fsp3) is 0.208. The Kier molecular flexibility index (Phi) is 6.34. The monoisotopic (exact) mass is 467 g/mol. The number of carbonyl (C=O) groups excluding carboxylic acids is 1. The topological polar surface area (TPSA) is 64.1 Å². The molecule has 0 bridgehead atoms. The van der Waals surface area contributed by atoms with Gasteiger partial charge < -0.3 is 10.1 Å². The van der Waals surface area contributed by atoms with Gasteiger partial charge in [-0.05, 0) is 59.7 Å². The van der Waals surface area contributed by atoms with E-state index in [0.29, 0.717) is 5.13 Å². The van der Waals surface area contributed by atoms with E-state index in [9.17, 15) is 9.18 Å². The van der Waals surface area contributed by atoms with Gasteiger partial charge in [-0.25, -0.2) is 4.39 Å². The summed E-state index contributed by atoms with van der Waals surface area (Å²) < 4.78 is 19.4. The molecule has 1 atom stereocenters. The fourth-order valence-electron chi connectivity index (χ4n) is 3.66. The number of ether oxygens (including phenoxy) is 1. The lowest BCUT2D eigenvalue weighted by atomic mass is 9.73. The summed E-state index contributed by atoms with van der Waals surface area (Å²) in [6.45, 7) is 3.73. The van der Waals surface area contributed by atoms with Crippen LogP contribution in [-0.4, -0.2) is 23.2 Å². The quantitative estimate of drug-likeness (QED) is 0.351. The number of anilines is 1. The Bertz CT molecular complexity index is 1200. The van der Waals surface area contributed by atoms with Gasteiger partial charge in [-0.15, -0.1) is 21.5 Å². The molecule has 0 aliphatic carbocycles. The standard InChI is InChI=1S/C24H22FN3O2S2/c1-24(2,22(29)27-23-28-26-14-31-23)21(16-5-4-6-17(25)13-16)20-12-11-19(32-20)15-7-9-18(30-3)10-8-15/h4-14,21H,1-3H3,(H,27,28,29). The first-order valence-corrected chi connectivity index (χ1v) is 11.7. The molecule has 4 rings (SSSR count). The molecule has 0 aliphatic heterocycles. The average molecular weight is 468 g/mol. The molecule has 32 heavy (non-hydrogen) atoms. The van der Waals surface area contributed by atoms with Gasteiger partial charge >= 0.3 is 0 Å². The van der Waals surface area contributed by atoms with Crippen LogP contribution in [0.2, 0.25) is 0 Å². The van der Waals surface area contributed by atoms with Crippen LogP contribution in [0.1, 0.15) is 30.2 Å². The number of halogens is 1. The van der Waals surface area contributed by atoms with Crippen LogP contribution >= 0.6 is 22.7 Å². The number of hydrogen-bond donors (Lipinski definition) is 1. The smallest absolute Gasteiger partial charge is 0.232 e. The van der Waals surface area contributed by atoms with E-state index in [4.69, 9.17) is 4.74 Å². The van der Waals surface area contributed by atoms with Crippen molar-refractivity contribution in [3.05, 3.63) is 82.4 Å². The van der Waals surface area contributed by atoms with Gasteiger partial charge in [0.25, 0.3) is 0 Å². The number of carbonyl (C=O) groups is 1. The Morgan fingerprint density at radius 2 is 1.91 bits per heavy atom. The molecule has 1 amide bonds. The number of methoxy groups -OCH3 is 1. The first-order chi connectivity index (χ1) is 15.4. The van der Waals surface area contributed by atoms with Crippen molar-refractivity contribution >= 4 is 33.7 Å². The molecule has 2 heterocycles. The van der Waals surface area contributed by atoms with Crippen LogP contribution in [0.15, 0.2) is 66.2 Å². The summed E-state index contributed by atoms with van der Waals surface area (Å²) >= 11 is 2.85. The molecule has 8 heteroatoms. The van der Waals surface area contributed by atoms with Gasteiger partial charge in [-0.2, -0.15) is 0 Å². The van der Waals surface area contributed by atoms with Crippen LogP contribution in [0, 0.1) is 11.2 Å². The molecule has 2 aromatic heterocycles. The minimum atomic E-state index is -0.887. The summed E-state index contributed by atoms with van der Waals surface area (Å²) in [4.78, 5) is 15.3. The predicted octanol–water partition coefficient (Wildman–Crippen LogP) is 6.21. The van der Waals surface area contributed by atoms with Gasteiger partial charge in [0.15, 0.2) is 0 Å². The molecular formula is C24H22FN3O2S2. The van der Waals surface area contributed by atoms with Crippen molar-refractivity contribution in [1.29, 1.82) is 0 Å². The highest BCUT2D eigenvalue weighted by molar-refractivity contribution is 7.15. The first-order valence-electron chi connectivity index (χ1n) is 9.95. The number of benzene rings is 2. The molecule has 0 saturated heterocycles. The largest absolute Gasteiger partial charge is 0.497 e. The summed E-state index contributed by atoms with van der Waals surface area (Å²) in [6, 6.07) is 18.3. The van der Waals surface area contributed by atoms with Crippen LogP contribution in [0.5, 0.6) is 5.75 Å². The minimum absolute atomic E-state index is 0.206. The van der Waals surface area contributed by atoms with Crippen molar-refractivity contribution in [3.63, 3.8) is 0 Å². The van der Waals surface area contributed by atoms with E-state index in [-0.39, 0.29) is 17.6 Å². The number of amides is 1. The van der Waals surface area contributed by atoms with E-state index >= 15 is 0 Å². The summed E-state index contributed by atoms with van der Waals surface area (Å²) in [6.07, 6.45) is 0. The third-order valence-corrected chi connectivity index (χ3v) is 7.16. The Morgan fingerprint density at radius 1 is 1.12 bits per heavy atom. The lowest BCUT2D eigenvalue weighted by molar-refractivity contribution is -0.124. The average Bonchev–Trinajstić information content (AvgIpc) is 3.46. The molecule has 0 aliphatic rings. The van der Waals surface area contributed by atoms with Crippen LogP contribution < -0.4 is 10.1 Å². The van der Waals surface area contributed by atoms with E-state index in [2.05, 4.69) is 15.5 Å². The number of aromatic nitrogens is 2. The Balaban J connectivity index is 1.73. The van der Waals surface area contributed by atoms with Crippen LogP contribution in [-0.2, 0) is 4.79 Å². The van der Waals surface area contributed by atoms with Gasteiger partial charge in [0.2, 0.25) is 11.0 Å². The SMILES string of the molecule is COc1ccc(-c2ccc(C(c3cccc(F)c3)C(C)(C)C(=O)Nc3nncs3)s2)cc1. The summed E-state index contributed by atoms with van der Waals surface area (Å²) in [5, 5.41) is 11.0. The number of nitrogens with one attached hydrogen (secondary N) is 1. The molecule has 4 aromatic rings. The van der Waals surface area contributed by atoms with Gasteiger partial charge in [-0.3, -0.25) is 4.79 Å². The molecule has 5 nitrogen and oxygen atoms in total. The lowest BCUT2D eigenvalue weighted by Gasteiger charge is -2.32. The van der Waals surface area contributed by atoms with Crippen LogP contribution in [0.4, 0.5) is 9.52 Å². The summed E-state index contributed by atoms with van der Waals surface area (Å²) in [5.41, 5.74) is 2.47. The summed E-state index contributed by atoms with van der Waals surface area (Å²) in [7, 11) is 1.64. The predicted molar refractivity (Wildman–Crippen MR) is 127 cm³/mol. The molecule has 0 saturated carbocycles. The van der Waals surface area contributed by atoms with Crippen molar-refractivity contribution in [1.82, 2.24) is 10.2 Å². The first kappa shape index (κ1) is 22.1. The highest BCUT2D eigenvalue weighted by atomic mass is 32.1. The Morgan fingerprint density at radius 3 is 2.56 bits per heavy atom. The molecule has 0 radical (unpaired) electrons. The zero-order valence-corrected chi connectivity index (χ0v) is 19.5. The molecule has 0 fully saturated rings. The maximum absolute atomic E-state index is 14.2. The van der Waals surface area contributed by atoms with Crippen LogP contribution in [0.3, 0.4) is 0 Å². The maximum Gasteiger partial charge on any atom is 0.232 e. The molecule has 1 unspecified atom stereocenters. The van der Waals surface area contributed by atoms with E-state index in [1.54, 1.807) is 30.0 Å². The van der Waals surface area contributed by atoms with E-state index < -0.39 is 5.41 Å². The van der Waals surface area contributed by atoms with Gasteiger partial charge in [0, 0.05) is 15.7 Å². The highest BCUT2D eigenvalue weighted by Crippen LogP contribution is 2.46. The zero-order valence-electron chi connectivity index (χ0n) is 17.8. The third kappa shape index (κ3) is 4.56. The number of hydrogen-bond acceptors (Lipinski definition) is 6. The van der Waals surface area contributed by atoms with Gasteiger partial charge in [-0.1, -0.05) is 37.3 Å².